The van der Waals surface area contributed by atoms with Crippen LogP contribution in [0.25, 0.3) is 0 Å². The van der Waals surface area contributed by atoms with Crippen LogP contribution in [0.3, 0.4) is 0 Å². The van der Waals surface area contributed by atoms with Crippen molar-refractivity contribution < 1.29 is 9.47 Å². The number of nitrogens with two attached hydrogens (primary N) is 1. The van der Waals surface area contributed by atoms with Gasteiger partial charge < -0.3 is 15.2 Å². The number of hydrogen-bond acceptors (Lipinski definition) is 3. The van der Waals surface area contributed by atoms with Crippen molar-refractivity contribution in [3.8, 4) is 0 Å². The van der Waals surface area contributed by atoms with Gasteiger partial charge >= 0.3 is 0 Å². The zero-order valence-corrected chi connectivity index (χ0v) is 8.32. The fourth-order valence-electron chi connectivity index (χ4n) is 1.70. The van der Waals surface area contributed by atoms with E-state index < -0.39 is 0 Å². The molecule has 3 heteroatoms. The quantitative estimate of drug-likeness (QED) is 0.724. The molecule has 2 rings (SSSR count). The van der Waals surface area contributed by atoms with Gasteiger partial charge in [0.25, 0.3) is 0 Å². The molecule has 2 N–H and O–H groups in total. The standard InChI is InChI=1S/C11H15NO2/c1-8-3-2-4-10(12)9(8)7-11-13-5-6-14-11/h2-4,11H,5-7,12H2,1H3. The van der Waals surface area contributed by atoms with E-state index in [1.165, 1.54) is 5.56 Å². The SMILES string of the molecule is Cc1cccc(N)c1CC1OCCO1. The Morgan fingerprint density at radius 3 is 2.71 bits per heavy atom. The molecule has 1 aliphatic heterocycles. The Morgan fingerprint density at radius 2 is 2.07 bits per heavy atom. The summed E-state index contributed by atoms with van der Waals surface area (Å²) in [6.07, 6.45) is 0.636. The molecule has 0 aliphatic carbocycles. The Morgan fingerprint density at radius 1 is 1.36 bits per heavy atom. The van der Waals surface area contributed by atoms with Crippen LogP contribution in [0.15, 0.2) is 18.2 Å². The molecule has 0 aromatic heterocycles. The van der Waals surface area contributed by atoms with Gasteiger partial charge in [-0.1, -0.05) is 12.1 Å². The van der Waals surface area contributed by atoms with E-state index in [1.807, 2.05) is 12.1 Å². The van der Waals surface area contributed by atoms with Crippen molar-refractivity contribution in [1.82, 2.24) is 0 Å². The molecule has 1 aliphatic rings. The molecule has 0 unspecified atom stereocenters. The predicted molar refractivity (Wildman–Crippen MR) is 55.0 cm³/mol. The first-order valence-corrected chi connectivity index (χ1v) is 4.84. The highest BCUT2D eigenvalue weighted by atomic mass is 16.7. The zero-order valence-electron chi connectivity index (χ0n) is 8.32. The second kappa shape index (κ2) is 3.98. The fourth-order valence-corrected chi connectivity index (χ4v) is 1.70. The third-order valence-corrected chi connectivity index (χ3v) is 2.51. The summed E-state index contributed by atoms with van der Waals surface area (Å²) in [5.74, 6) is 0. The molecule has 14 heavy (non-hydrogen) atoms. The van der Waals surface area contributed by atoms with Crippen LogP contribution in [-0.2, 0) is 15.9 Å². The van der Waals surface area contributed by atoms with Crippen molar-refractivity contribution in [2.24, 2.45) is 0 Å². The van der Waals surface area contributed by atoms with Crippen molar-refractivity contribution in [2.75, 3.05) is 18.9 Å². The summed E-state index contributed by atoms with van der Waals surface area (Å²) in [5, 5.41) is 0. The minimum absolute atomic E-state index is 0.113. The van der Waals surface area contributed by atoms with Gasteiger partial charge in [-0.25, -0.2) is 0 Å². The van der Waals surface area contributed by atoms with Crippen molar-refractivity contribution in [1.29, 1.82) is 0 Å². The average molecular weight is 193 g/mol. The molecule has 3 nitrogen and oxygen atoms in total. The first-order valence-electron chi connectivity index (χ1n) is 4.84. The van der Waals surface area contributed by atoms with E-state index in [0.717, 1.165) is 17.7 Å². The van der Waals surface area contributed by atoms with E-state index in [2.05, 4.69) is 13.0 Å². The van der Waals surface area contributed by atoms with E-state index >= 15 is 0 Å². The average Bonchev–Trinajstić information content (AvgIpc) is 2.64. The lowest BCUT2D eigenvalue weighted by molar-refractivity contribution is -0.0399. The van der Waals surface area contributed by atoms with Gasteiger partial charge in [-0.05, 0) is 24.1 Å². The monoisotopic (exact) mass is 193 g/mol. The second-order valence-electron chi connectivity index (χ2n) is 3.52. The highest BCUT2D eigenvalue weighted by molar-refractivity contribution is 5.50. The van der Waals surface area contributed by atoms with Crippen LogP contribution in [0.2, 0.25) is 0 Å². The topological polar surface area (TPSA) is 44.5 Å². The summed E-state index contributed by atoms with van der Waals surface area (Å²) in [5.41, 5.74) is 9.05. The summed E-state index contributed by atoms with van der Waals surface area (Å²) in [6, 6.07) is 5.93. The summed E-state index contributed by atoms with van der Waals surface area (Å²) < 4.78 is 10.8. The molecule has 0 amide bonds. The molecular formula is C11H15NO2. The third kappa shape index (κ3) is 1.89. The molecule has 0 atom stereocenters. The molecule has 1 heterocycles. The number of rotatable bonds is 2. The molecule has 1 saturated heterocycles. The molecule has 0 spiro atoms. The molecule has 0 bridgehead atoms. The van der Waals surface area contributed by atoms with Crippen LogP contribution in [0.1, 0.15) is 11.1 Å². The van der Waals surface area contributed by atoms with Gasteiger partial charge in [-0.15, -0.1) is 0 Å². The Labute approximate surface area is 83.8 Å². The van der Waals surface area contributed by atoms with Crippen LogP contribution in [0, 0.1) is 6.92 Å². The minimum Gasteiger partial charge on any atom is -0.398 e. The van der Waals surface area contributed by atoms with Gasteiger partial charge in [0.1, 0.15) is 0 Å². The highest BCUT2D eigenvalue weighted by Crippen LogP contribution is 2.20. The molecule has 1 aromatic rings. The smallest absolute Gasteiger partial charge is 0.161 e. The van der Waals surface area contributed by atoms with Gasteiger partial charge in [-0.2, -0.15) is 0 Å². The van der Waals surface area contributed by atoms with Crippen LogP contribution in [-0.4, -0.2) is 19.5 Å². The molecule has 1 fully saturated rings. The van der Waals surface area contributed by atoms with Crippen molar-refractivity contribution in [3.63, 3.8) is 0 Å². The Kier molecular flexibility index (Phi) is 2.70. The number of benzene rings is 1. The Balaban J connectivity index is 2.14. The minimum atomic E-state index is -0.113. The second-order valence-corrected chi connectivity index (χ2v) is 3.52. The fraction of sp³-hybridized carbons (Fsp3) is 0.455. The first kappa shape index (κ1) is 9.49. The number of anilines is 1. The van der Waals surface area contributed by atoms with Crippen molar-refractivity contribution in [3.05, 3.63) is 29.3 Å². The number of aryl methyl sites for hydroxylation is 1. The number of ether oxygens (including phenoxy) is 2. The van der Waals surface area contributed by atoms with Crippen molar-refractivity contribution in [2.45, 2.75) is 19.6 Å². The van der Waals surface area contributed by atoms with E-state index in [9.17, 15) is 0 Å². The summed E-state index contributed by atoms with van der Waals surface area (Å²) in [4.78, 5) is 0. The molecular weight excluding hydrogens is 178 g/mol. The molecule has 0 saturated carbocycles. The first-order chi connectivity index (χ1) is 6.77. The Bertz CT molecular complexity index is 299. The normalized spacial score (nSPS) is 17.5. The lowest BCUT2D eigenvalue weighted by atomic mass is 10.0. The predicted octanol–water partition coefficient (Wildman–Crippen LogP) is 1.49. The summed E-state index contributed by atoms with van der Waals surface area (Å²) >= 11 is 0. The maximum absolute atomic E-state index is 5.89. The van der Waals surface area contributed by atoms with E-state index in [-0.39, 0.29) is 6.29 Å². The lowest BCUT2D eigenvalue weighted by Crippen LogP contribution is -2.13. The molecule has 76 valence electrons. The maximum atomic E-state index is 5.89. The van der Waals surface area contributed by atoms with Crippen LogP contribution in [0.5, 0.6) is 0 Å². The molecule has 0 radical (unpaired) electrons. The molecule has 1 aromatic carbocycles. The van der Waals surface area contributed by atoms with Crippen LogP contribution >= 0.6 is 0 Å². The number of hydrogen-bond donors (Lipinski definition) is 1. The highest BCUT2D eigenvalue weighted by Gasteiger charge is 2.18. The van der Waals surface area contributed by atoms with Gasteiger partial charge in [0.2, 0.25) is 0 Å². The van der Waals surface area contributed by atoms with Crippen molar-refractivity contribution >= 4 is 5.69 Å². The van der Waals surface area contributed by atoms with Crippen LogP contribution in [0.4, 0.5) is 5.69 Å². The van der Waals surface area contributed by atoms with Crippen LogP contribution < -0.4 is 5.73 Å². The lowest BCUT2D eigenvalue weighted by Gasteiger charge is -2.13. The maximum Gasteiger partial charge on any atom is 0.161 e. The van der Waals surface area contributed by atoms with E-state index in [0.29, 0.717) is 13.2 Å². The Hall–Kier alpha value is -1.06. The van der Waals surface area contributed by atoms with Gasteiger partial charge in [0.15, 0.2) is 6.29 Å². The zero-order chi connectivity index (χ0) is 9.97. The van der Waals surface area contributed by atoms with Gasteiger partial charge in [-0.3, -0.25) is 0 Å². The third-order valence-electron chi connectivity index (χ3n) is 2.51. The van der Waals surface area contributed by atoms with Gasteiger partial charge in [0.05, 0.1) is 13.2 Å². The van der Waals surface area contributed by atoms with E-state index in [4.69, 9.17) is 15.2 Å². The van der Waals surface area contributed by atoms with Gasteiger partial charge in [0, 0.05) is 12.1 Å². The number of nitrogen functional groups attached to an aromatic ring is 1. The largest absolute Gasteiger partial charge is 0.398 e. The van der Waals surface area contributed by atoms with E-state index in [1.54, 1.807) is 0 Å². The summed E-state index contributed by atoms with van der Waals surface area (Å²) in [6.45, 7) is 3.44. The summed E-state index contributed by atoms with van der Waals surface area (Å²) in [7, 11) is 0.